The van der Waals surface area contributed by atoms with E-state index in [1.165, 1.54) is 30.3 Å². The summed E-state index contributed by atoms with van der Waals surface area (Å²) in [5, 5.41) is 0.630. The Morgan fingerprint density at radius 1 is 0.950 bits per heavy atom. The molecule has 0 N–H and O–H groups in total. The highest BCUT2D eigenvalue weighted by Crippen LogP contribution is 2.24. The Hall–Kier alpha value is -1.36. The van der Waals surface area contributed by atoms with E-state index in [2.05, 4.69) is 0 Å². The maximum absolute atomic E-state index is 12.3. The molecule has 0 aliphatic heterocycles. The summed E-state index contributed by atoms with van der Waals surface area (Å²) < 4.78 is 23.0. The van der Waals surface area contributed by atoms with Gasteiger partial charge in [-0.1, -0.05) is 35.3 Å². The van der Waals surface area contributed by atoms with Crippen LogP contribution in [0.25, 0.3) is 0 Å². The first-order chi connectivity index (χ1) is 9.29. The first-order valence-corrected chi connectivity index (χ1v) is 8.23. The van der Waals surface area contributed by atoms with Crippen molar-refractivity contribution in [3.05, 3.63) is 63.6 Å². The minimum Gasteiger partial charge on any atom is -0.289 e. The van der Waals surface area contributed by atoms with E-state index in [9.17, 15) is 13.2 Å². The zero-order chi connectivity index (χ0) is 14.9. The average Bonchev–Trinajstić information content (AvgIpc) is 2.40. The summed E-state index contributed by atoms with van der Waals surface area (Å²) >= 11 is 11.7. The first kappa shape index (κ1) is 15.0. The minimum atomic E-state index is -3.36. The molecule has 0 fully saturated rings. The van der Waals surface area contributed by atoms with Crippen LogP contribution in [0.2, 0.25) is 10.0 Å². The minimum absolute atomic E-state index is 0.100. The van der Waals surface area contributed by atoms with Gasteiger partial charge in [-0.2, -0.15) is 0 Å². The van der Waals surface area contributed by atoms with Crippen LogP contribution in [0.4, 0.5) is 0 Å². The van der Waals surface area contributed by atoms with Gasteiger partial charge in [-0.05, 0) is 30.3 Å². The predicted octanol–water partition coefficient (Wildman–Crippen LogP) is 3.63. The average molecular weight is 329 g/mol. The third-order valence-corrected chi connectivity index (χ3v) is 4.56. The molecule has 0 bridgehead atoms. The van der Waals surface area contributed by atoms with E-state index in [0.29, 0.717) is 10.6 Å². The Balaban J connectivity index is 2.46. The van der Waals surface area contributed by atoms with Crippen molar-refractivity contribution in [2.24, 2.45) is 0 Å². The Kier molecular flexibility index (Phi) is 4.18. The Morgan fingerprint density at radius 2 is 1.60 bits per heavy atom. The Morgan fingerprint density at radius 3 is 2.20 bits per heavy atom. The van der Waals surface area contributed by atoms with E-state index < -0.39 is 9.84 Å². The number of rotatable bonds is 3. The summed E-state index contributed by atoms with van der Waals surface area (Å²) in [5.41, 5.74) is 0.636. The van der Waals surface area contributed by atoms with Gasteiger partial charge >= 0.3 is 0 Å². The molecule has 0 radical (unpaired) electrons. The van der Waals surface area contributed by atoms with Crippen LogP contribution in [0, 0.1) is 0 Å². The predicted molar refractivity (Wildman–Crippen MR) is 79.4 cm³/mol. The van der Waals surface area contributed by atoms with Crippen LogP contribution < -0.4 is 0 Å². The van der Waals surface area contributed by atoms with E-state index in [0.717, 1.165) is 6.26 Å². The molecule has 3 nitrogen and oxygen atoms in total. The zero-order valence-corrected chi connectivity index (χ0v) is 12.8. The smallest absolute Gasteiger partial charge is 0.193 e. The van der Waals surface area contributed by atoms with Gasteiger partial charge < -0.3 is 0 Å². The third-order valence-electron chi connectivity index (χ3n) is 2.71. The summed E-state index contributed by atoms with van der Waals surface area (Å²) in [5.74, 6) is -0.311. The second kappa shape index (κ2) is 5.56. The number of carbonyl (C=O) groups excluding carboxylic acids is 1. The number of ketones is 1. The molecular weight excluding hydrogens is 319 g/mol. The molecule has 20 heavy (non-hydrogen) atoms. The molecule has 0 aromatic heterocycles. The van der Waals surface area contributed by atoms with E-state index in [-0.39, 0.29) is 21.3 Å². The van der Waals surface area contributed by atoms with Crippen LogP contribution in [0.15, 0.2) is 47.4 Å². The van der Waals surface area contributed by atoms with Crippen LogP contribution in [-0.2, 0) is 9.84 Å². The molecule has 0 amide bonds. The quantitative estimate of drug-likeness (QED) is 0.808. The molecule has 0 saturated carbocycles. The van der Waals surface area contributed by atoms with Gasteiger partial charge in [0.05, 0.1) is 14.9 Å². The van der Waals surface area contributed by atoms with Gasteiger partial charge in [0.2, 0.25) is 0 Å². The van der Waals surface area contributed by atoms with Gasteiger partial charge in [-0.25, -0.2) is 8.42 Å². The molecule has 0 unspecified atom stereocenters. The third kappa shape index (κ3) is 3.20. The first-order valence-electron chi connectivity index (χ1n) is 5.59. The SMILES string of the molecule is CS(=O)(=O)c1cccc(C(=O)c2ccc(Cl)c(Cl)c2)c1. The number of sulfone groups is 1. The van der Waals surface area contributed by atoms with Crippen molar-refractivity contribution in [2.45, 2.75) is 4.90 Å². The lowest BCUT2D eigenvalue weighted by Gasteiger charge is -2.05. The lowest BCUT2D eigenvalue weighted by atomic mass is 10.0. The number of hydrogen-bond acceptors (Lipinski definition) is 3. The van der Waals surface area contributed by atoms with E-state index >= 15 is 0 Å². The maximum Gasteiger partial charge on any atom is 0.193 e. The molecule has 104 valence electrons. The highest BCUT2D eigenvalue weighted by atomic mass is 35.5. The van der Waals surface area contributed by atoms with E-state index in [1.54, 1.807) is 12.1 Å². The van der Waals surface area contributed by atoms with Crippen molar-refractivity contribution < 1.29 is 13.2 Å². The van der Waals surface area contributed by atoms with Crippen molar-refractivity contribution >= 4 is 38.8 Å². The molecule has 0 heterocycles. The zero-order valence-electron chi connectivity index (χ0n) is 10.4. The normalized spacial score (nSPS) is 11.3. The van der Waals surface area contributed by atoms with Crippen LogP contribution in [-0.4, -0.2) is 20.5 Å². The summed E-state index contributed by atoms with van der Waals surface area (Å²) in [4.78, 5) is 12.4. The largest absolute Gasteiger partial charge is 0.289 e. The lowest BCUT2D eigenvalue weighted by Crippen LogP contribution is -2.04. The molecule has 6 heteroatoms. The van der Waals surface area contributed by atoms with E-state index in [1.807, 2.05) is 0 Å². The van der Waals surface area contributed by atoms with Crippen LogP contribution in [0.1, 0.15) is 15.9 Å². The maximum atomic E-state index is 12.3. The van der Waals surface area contributed by atoms with Crippen molar-refractivity contribution in [1.29, 1.82) is 0 Å². The fourth-order valence-electron chi connectivity index (χ4n) is 1.67. The molecule has 0 aliphatic rings. The molecule has 0 saturated heterocycles. The molecule has 2 rings (SSSR count). The topological polar surface area (TPSA) is 51.2 Å². The molecule has 0 aliphatic carbocycles. The Labute approximate surface area is 127 Å². The lowest BCUT2D eigenvalue weighted by molar-refractivity contribution is 0.103. The Bertz CT molecular complexity index is 783. The van der Waals surface area contributed by atoms with Crippen LogP contribution in [0.3, 0.4) is 0 Å². The van der Waals surface area contributed by atoms with Crippen molar-refractivity contribution in [3.63, 3.8) is 0 Å². The highest BCUT2D eigenvalue weighted by molar-refractivity contribution is 7.90. The second-order valence-corrected chi connectivity index (χ2v) is 7.09. The molecule has 2 aromatic carbocycles. The van der Waals surface area contributed by atoms with Crippen LogP contribution >= 0.6 is 23.2 Å². The van der Waals surface area contributed by atoms with Gasteiger partial charge in [-0.15, -0.1) is 0 Å². The van der Waals surface area contributed by atoms with Gasteiger partial charge in [0.15, 0.2) is 15.6 Å². The van der Waals surface area contributed by atoms with Crippen molar-refractivity contribution in [2.75, 3.05) is 6.26 Å². The van der Waals surface area contributed by atoms with Gasteiger partial charge in [-0.3, -0.25) is 4.79 Å². The number of carbonyl (C=O) groups is 1. The van der Waals surface area contributed by atoms with Gasteiger partial charge in [0, 0.05) is 17.4 Å². The number of halogens is 2. The summed E-state index contributed by atoms with van der Waals surface area (Å²) in [6, 6.07) is 10.4. The number of hydrogen-bond donors (Lipinski definition) is 0. The number of benzene rings is 2. The molecule has 0 spiro atoms. The van der Waals surface area contributed by atoms with Crippen molar-refractivity contribution in [1.82, 2.24) is 0 Å². The van der Waals surface area contributed by atoms with Gasteiger partial charge in [0.1, 0.15) is 0 Å². The van der Waals surface area contributed by atoms with Gasteiger partial charge in [0.25, 0.3) is 0 Å². The monoisotopic (exact) mass is 328 g/mol. The highest BCUT2D eigenvalue weighted by Gasteiger charge is 2.14. The fourth-order valence-corrected chi connectivity index (χ4v) is 2.64. The second-order valence-electron chi connectivity index (χ2n) is 4.26. The fraction of sp³-hybridized carbons (Fsp3) is 0.0714. The molecule has 0 atom stereocenters. The summed E-state index contributed by atoms with van der Waals surface area (Å²) in [6.07, 6.45) is 1.09. The van der Waals surface area contributed by atoms with E-state index in [4.69, 9.17) is 23.2 Å². The van der Waals surface area contributed by atoms with Crippen molar-refractivity contribution in [3.8, 4) is 0 Å². The standard InChI is InChI=1S/C14H10Cl2O3S/c1-20(18,19)11-4-2-3-9(7-11)14(17)10-5-6-12(15)13(16)8-10/h2-8H,1H3. The molecular formula is C14H10Cl2O3S. The molecule has 2 aromatic rings. The van der Waals surface area contributed by atoms with Crippen LogP contribution in [0.5, 0.6) is 0 Å². The summed E-state index contributed by atoms with van der Waals surface area (Å²) in [7, 11) is -3.36. The summed E-state index contributed by atoms with van der Waals surface area (Å²) in [6.45, 7) is 0.